The Morgan fingerprint density at radius 3 is 1.87 bits per heavy atom. The first-order valence-corrected chi connectivity index (χ1v) is 11.2. The summed E-state index contributed by atoms with van der Waals surface area (Å²) in [5.74, 6) is 3.27. The van der Waals surface area contributed by atoms with Crippen LogP contribution in [0.4, 0.5) is 0 Å². The summed E-state index contributed by atoms with van der Waals surface area (Å²) < 4.78 is 0. The van der Waals surface area contributed by atoms with Gasteiger partial charge in [0.15, 0.2) is 0 Å². The highest BCUT2D eigenvalue weighted by molar-refractivity contribution is 4.88. The Balaban J connectivity index is 1.71. The lowest BCUT2D eigenvalue weighted by Crippen LogP contribution is -2.31. The fraction of sp³-hybridized carbons (Fsp3) is 1.00. The van der Waals surface area contributed by atoms with Crippen LogP contribution in [-0.2, 0) is 0 Å². The van der Waals surface area contributed by atoms with E-state index in [1.54, 1.807) is 51.4 Å². The first-order valence-electron chi connectivity index (χ1n) is 11.2. The topological polar surface area (TPSA) is 0 Å². The van der Waals surface area contributed by atoms with E-state index in [1.807, 2.05) is 0 Å². The van der Waals surface area contributed by atoms with Crippen LogP contribution in [0.3, 0.4) is 0 Å². The van der Waals surface area contributed by atoms with Crippen molar-refractivity contribution in [1.82, 2.24) is 0 Å². The Labute approximate surface area is 147 Å². The van der Waals surface area contributed by atoms with Gasteiger partial charge < -0.3 is 0 Å². The zero-order chi connectivity index (χ0) is 16.5. The molecule has 0 amide bonds. The van der Waals surface area contributed by atoms with E-state index in [1.165, 1.54) is 51.4 Å². The molecule has 2 aliphatic carbocycles. The van der Waals surface area contributed by atoms with Crippen molar-refractivity contribution in [2.75, 3.05) is 0 Å². The first-order chi connectivity index (χ1) is 11.2. The average Bonchev–Trinajstić information content (AvgIpc) is 2.61. The molecule has 2 aliphatic rings. The maximum absolute atomic E-state index is 2.46. The van der Waals surface area contributed by atoms with Gasteiger partial charge in [0.2, 0.25) is 0 Å². The normalized spacial score (nSPS) is 35.3. The molecular weight excluding hydrogens is 276 g/mol. The van der Waals surface area contributed by atoms with Gasteiger partial charge in [-0.25, -0.2) is 0 Å². The van der Waals surface area contributed by atoms with Crippen LogP contribution < -0.4 is 0 Å². The van der Waals surface area contributed by atoms with Crippen LogP contribution in [0, 0.1) is 23.2 Å². The molecule has 0 atom stereocenters. The van der Waals surface area contributed by atoms with Crippen molar-refractivity contribution in [3.63, 3.8) is 0 Å². The van der Waals surface area contributed by atoms with E-state index >= 15 is 0 Å². The molecule has 0 saturated heterocycles. The van der Waals surface area contributed by atoms with Crippen LogP contribution in [0.15, 0.2) is 0 Å². The van der Waals surface area contributed by atoms with Gasteiger partial charge in [0.25, 0.3) is 0 Å². The molecule has 2 fully saturated rings. The third-order valence-electron chi connectivity index (χ3n) is 7.68. The molecule has 0 radical (unpaired) electrons. The minimum atomic E-state index is 0.740. The van der Waals surface area contributed by atoms with Crippen LogP contribution in [0.1, 0.15) is 124 Å². The van der Waals surface area contributed by atoms with Gasteiger partial charge in [0.1, 0.15) is 0 Å². The van der Waals surface area contributed by atoms with Crippen LogP contribution >= 0.6 is 0 Å². The molecule has 0 spiro atoms. The second kappa shape index (κ2) is 10.1. The Kier molecular flexibility index (Phi) is 8.48. The molecule has 0 heterocycles. The molecule has 136 valence electrons. The van der Waals surface area contributed by atoms with E-state index in [-0.39, 0.29) is 0 Å². The standard InChI is InChI=1S/C23H44/c1-4-7-9-17-23(6-3)18-15-22(16-19-23)21-13-11-20(12-14-21)10-8-5-2/h20-22H,4-19H2,1-3H3/t20?,21?,22-,23-. The highest BCUT2D eigenvalue weighted by Crippen LogP contribution is 2.49. The van der Waals surface area contributed by atoms with Crippen molar-refractivity contribution in [3.8, 4) is 0 Å². The van der Waals surface area contributed by atoms with Crippen LogP contribution in [-0.4, -0.2) is 0 Å². The third-order valence-corrected chi connectivity index (χ3v) is 7.68. The van der Waals surface area contributed by atoms with Crippen LogP contribution in [0.2, 0.25) is 0 Å². The van der Waals surface area contributed by atoms with Crippen molar-refractivity contribution in [1.29, 1.82) is 0 Å². The molecule has 23 heavy (non-hydrogen) atoms. The molecule has 0 N–H and O–H groups in total. The molecular formula is C23H44. The van der Waals surface area contributed by atoms with E-state index in [0.29, 0.717) is 0 Å². The molecule has 0 aromatic heterocycles. The fourth-order valence-corrected chi connectivity index (χ4v) is 5.70. The van der Waals surface area contributed by atoms with Crippen molar-refractivity contribution in [2.24, 2.45) is 23.2 Å². The average molecular weight is 321 g/mol. The highest BCUT2D eigenvalue weighted by Gasteiger charge is 2.36. The summed E-state index contributed by atoms with van der Waals surface area (Å²) in [4.78, 5) is 0. The van der Waals surface area contributed by atoms with Gasteiger partial charge >= 0.3 is 0 Å². The van der Waals surface area contributed by atoms with Crippen molar-refractivity contribution < 1.29 is 0 Å². The molecule has 0 bridgehead atoms. The molecule has 2 rings (SSSR count). The first kappa shape index (κ1) is 19.3. The number of hydrogen-bond acceptors (Lipinski definition) is 0. The van der Waals surface area contributed by atoms with Gasteiger partial charge in [-0.2, -0.15) is 0 Å². The summed E-state index contributed by atoms with van der Waals surface area (Å²) in [5, 5.41) is 0. The van der Waals surface area contributed by atoms with E-state index in [2.05, 4.69) is 20.8 Å². The summed E-state index contributed by atoms with van der Waals surface area (Å²) in [7, 11) is 0. The predicted octanol–water partition coefficient (Wildman–Crippen LogP) is 8.15. The van der Waals surface area contributed by atoms with E-state index in [0.717, 1.165) is 23.2 Å². The minimum absolute atomic E-state index is 0.740. The smallest absolute Gasteiger partial charge is 0.0300 e. The molecule has 0 aromatic carbocycles. The maximum Gasteiger partial charge on any atom is -0.0300 e. The van der Waals surface area contributed by atoms with E-state index in [4.69, 9.17) is 0 Å². The molecule has 0 nitrogen and oxygen atoms in total. The zero-order valence-corrected chi connectivity index (χ0v) is 16.5. The lowest BCUT2D eigenvalue weighted by Gasteiger charge is -2.44. The van der Waals surface area contributed by atoms with Gasteiger partial charge in [-0.3, -0.25) is 0 Å². The van der Waals surface area contributed by atoms with Gasteiger partial charge in [-0.15, -0.1) is 0 Å². The Morgan fingerprint density at radius 1 is 0.696 bits per heavy atom. The van der Waals surface area contributed by atoms with E-state index in [9.17, 15) is 0 Å². The molecule has 2 saturated carbocycles. The van der Waals surface area contributed by atoms with Crippen molar-refractivity contribution in [2.45, 2.75) is 124 Å². The van der Waals surface area contributed by atoms with Gasteiger partial charge in [-0.1, -0.05) is 78.6 Å². The number of rotatable bonds is 9. The Morgan fingerprint density at radius 2 is 1.30 bits per heavy atom. The fourth-order valence-electron chi connectivity index (χ4n) is 5.70. The third kappa shape index (κ3) is 5.79. The lowest BCUT2D eigenvalue weighted by atomic mass is 9.62. The molecule has 0 unspecified atom stereocenters. The lowest BCUT2D eigenvalue weighted by molar-refractivity contribution is 0.0798. The summed E-state index contributed by atoms with van der Waals surface area (Å²) in [6.07, 6.45) is 24.1. The zero-order valence-electron chi connectivity index (χ0n) is 16.5. The highest BCUT2D eigenvalue weighted by atomic mass is 14.4. The van der Waals surface area contributed by atoms with Crippen LogP contribution in [0.25, 0.3) is 0 Å². The summed E-state index contributed by atoms with van der Waals surface area (Å²) in [5.41, 5.74) is 0.740. The number of hydrogen-bond donors (Lipinski definition) is 0. The monoisotopic (exact) mass is 320 g/mol. The molecule has 0 aliphatic heterocycles. The second-order valence-corrected chi connectivity index (χ2v) is 9.07. The van der Waals surface area contributed by atoms with E-state index < -0.39 is 0 Å². The minimum Gasteiger partial charge on any atom is -0.0654 e. The molecule has 0 aromatic rings. The maximum atomic E-state index is 2.46. The van der Waals surface area contributed by atoms with Crippen molar-refractivity contribution >= 4 is 0 Å². The summed E-state index contributed by atoms with van der Waals surface area (Å²) in [6.45, 7) is 7.14. The van der Waals surface area contributed by atoms with Gasteiger partial charge in [0, 0.05) is 0 Å². The van der Waals surface area contributed by atoms with Crippen LogP contribution in [0.5, 0.6) is 0 Å². The number of unbranched alkanes of at least 4 members (excludes halogenated alkanes) is 3. The SMILES string of the molecule is CCCCC[C@]1(CC)CC[C@@H](C2CCC(CCCC)CC2)CC1. The van der Waals surface area contributed by atoms with Gasteiger partial charge in [-0.05, 0) is 68.1 Å². The molecule has 0 heteroatoms. The summed E-state index contributed by atoms with van der Waals surface area (Å²) >= 11 is 0. The second-order valence-electron chi connectivity index (χ2n) is 9.07. The van der Waals surface area contributed by atoms with Gasteiger partial charge in [0.05, 0.1) is 0 Å². The predicted molar refractivity (Wildman–Crippen MR) is 104 cm³/mol. The summed E-state index contributed by atoms with van der Waals surface area (Å²) in [6, 6.07) is 0. The largest absolute Gasteiger partial charge is 0.0654 e. The quantitative estimate of drug-likeness (QED) is 0.376. The Hall–Kier alpha value is 0. The van der Waals surface area contributed by atoms with Crippen molar-refractivity contribution in [3.05, 3.63) is 0 Å². The Bertz CT molecular complexity index is 289.